The number of sulfone groups is 1. The maximum atomic E-state index is 12.1. The van der Waals surface area contributed by atoms with Crippen LogP contribution >= 0.6 is 11.8 Å². The lowest BCUT2D eigenvalue weighted by molar-refractivity contribution is 0.414. The van der Waals surface area contributed by atoms with E-state index in [1.807, 2.05) is 134 Å². The molecule has 0 bridgehead atoms. The number of rotatable bonds is 24. The summed E-state index contributed by atoms with van der Waals surface area (Å²) in [5.74, 6) is 7.77. The van der Waals surface area contributed by atoms with Crippen molar-refractivity contribution in [2.24, 2.45) is 0 Å². The van der Waals surface area contributed by atoms with Crippen LogP contribution in [0.1, 0.15) is 29.4 Å². The van der Waals surface area contributed by atoms with Gasteiger partial charge in [0.2, 0.25) is 15.0 Å². The molecule has 0 radical (unpaired) electrons. The van der Waals surface area contributed by atoms with Gasteiger partial charge in [0.15, 0.2) is 5.16 Å². The molecule has 0 amide bonds. The van der Waals surface area contributed by atoms with Gasteiger partial charge < -0.3 is 44.4 Å². The normalized spacial score (nSPS) is 10.7. The Hall–Kier alpha value is -8.94. The third-order valence-electron chi connectivity index (χ3n) is 12.7. The predicted octanol–water partition coefficient (Wildman–Crippen LogP) is 12.1. The van der Waals surface area contributed by atoms with Crippen LogP contribution in [0.2, 0.25) is 0 Å². The van der Waals surface area contributed by atoms with E-state index in [2.05, 4.69) is 77.0 Å². The van der Waals surface area contributed by atoms with Crippen molar-refractivity contribution in [2.45, 2.75) is 42.9 Å². The van der Waals surface area contributed by atoms with Crippen LogP contribution in [0.15, 0.2) is 174 Å². The van der Waals surface area contributed by atoms with Gasteiger partial charge in [-0.1, -0.05) is 91.5 Å². The highest BCUT2D eigenvalue weighted by Crippen LogP contribution is 2.29. The third-order valence-corrected chi connectivity index (χ3v) is 14.1. The molecule has 0 fully saturated rings. The van der Waals surface area contributed by atoms with Crippen molar-refractivity contribution >= 4 is 39.1 Å². The molecule has 0 aliphatic carbocycles. The Morgan fingerprint density at radius 1 is 0.410 bits per heavy atom. The van der Waals surface area contributed by atoms with Gasteiger partial charge in [0.25, 0.3) is 0 Å². The summed E-state index contributed by atoms with van der Waals surface area (Å²) in [6, 6.07) is 52.8. The van der Waals surface area contributed by atoms with Gasteiger partial charge in [-0.05, 0) is 115 Å². The van der Waals surface area contributed by atoms with E-state index in [-0.39, 0.29) is 5.16 Å². The fourth-order valence-electron chi connectivity index (χ4n) is 8.21. The van der Waals surface area contributed by atoms with Crippen LogP contribution in [0.3, 0.4) is 0 Å². The molecule has 0 atom stereocenters. The number of hydrogen-bond donors (Lipinski definition) is 3. The fourth-order valence-corrected chi connectivity index (χ4v) is 9.11. The van der Waals surface area contributed by atoms with Crippen molar-refractivity contribution < 1.29 is 36.8 Å². The van der Waals surface area contributed by atoms with Gasteiger partial charge in [0.05, 0.1) is 59.7 Å². The fraction of sp³-hybridized carbons (Fsp3) is 0.250. The molecule has 0 spiro atoms. The van der Waals surface area contributed by atoms with E-state index in [1.165, 1.54) is 22.9 Å². The molecule has 9 aromatic rings. The summed E-state index contributed by atoms with van der Waals surface area (Å²) in [4.78, 5) is 26.9. The summed E-state index contributed by atoms with van der Waals surface area (Å²) in [6.45, 7) is 4.23. The van der Waals surface area contributed by atoms with Gasteiger partial charge in [-0.15, -0.1) is 0 Å². The van der Waals surface area contributed by atoms with Crippen molar-refractivity contribution in [3.8, 4) is 68.3 Å². The maximum absolute atomic E-state index is 12.1. The second-order valence-electron chi connectivity index (χ2n) is 18.5. The summed E-state index contributed by atoms with van der Waals surface area (Å²) >= 11 is 1.53. The average Bonchev–Trinajstić information content (AvgIpc) is 3.72. The first-order chi connectivity index (χ1) is 40.3. The number of thioether (sulfide) groups is 1. The number of nitrogens with one attached hydrogen (secondary N) is 3. The van der Waals surface area contributed by atoms with E-state index >= 15 is 0 Å². The molecule has 0 aliphatic rings. The Labute approximate surface area is 491 Å². The summed E-state index contributed by atoms with van der Waals surface area (Å²) in [5, 5.41) is 10.5. The molecule has 19 heteroatoms. The summed E-state index contributed by atoms with van der Waals surface area (Å²) in [7, 11) is 6.33. The lowest BCUT2D eigenvalue weighted by Crippen LogP contribution is -2.11. The first-order valence-corrected chi connectivity index (χ1v) is 29.9. The standard InChI is InChI=1S/C22H25N3O2.C21H23N3O4S.C21H23N3O2S/c1-4-21-24-20(17-6-5-7-19(14-17)27-3)15-22(25-21)23-13-12-16-8-10-18(26-2)11-9-16;1-27-17-9-7-15(8-10-17)11-12-22-20-14-19(23-21(24-20)29(3,25)26)16-5-4-6-18(13-16)28-2;1-25-17-9-7-15(8-10-17)11-12-22-20-14-19(23-21(24-20)27-3)16-5-4-6-18(13-16)26-2/h5-11,14-15H,4,12-13H2,1-3H3,(H,23,24,25);4-10,13-14H,11-12H2,1-3H3,(H,22,23,24);4-10,13-14H,11-12H2,1-3H3,(H,22,23,24). The van der Waals surface area contributed by atoms with Gasteiger partial charge in [0.1, 0.15) is 57.8 Å². The van der Waals surface area contributed by atoms with Crippen LogP contribution < -0.4 is 44.4 Å². The first kappa shape index (κ1) is 61.7. The second kappa shape index (κ2) is 31.3. The van der Waals surface area contributed by atoms with Crippen LogP contribution in [0.5, 0.6) is 34.5 Å². The van der Waals surface area contributed by atoms with Crippen LogP contribution in [-0.2, 0) is 35.5 Å². The average molecular weight is 1160 g/mol. The largest absolute Gasteiger partial charge is 0.497 e. The second-order valence-corrected chi connectivity index (χ2v) is 21.2. The van der Waals surface area contributed by atoms with Crippen molar-refractivity contribution in [2.75, 3.05) is 90.8 Å². The summed E-state index contributed by atoms with van der Waals surface area (Å²) in [6.07, 6.45) is 6.41. The van der Waals surface area contributed by atoms with Gasteiger partial charge in [-0.2, -0.15) is 0 Å². The highest BCUT2D eigenvalue weighted by Gasteiger charge is 2.16. The van der Waals surface area contributed by atoms with Crippen LogP contribution in [0.25, 0.3) is 33.8 Å². The molecule has 3 heterocycles. The molecule has 0 aliphatic heterocycles. The Balaban J connectivity index is 0.000000179. The van der Waals surface area contributed by atoms with Crippen molar-refractivity contribution in [3.63, 3.8) is 0 Å². The summed E-state index contributed by atoms with van der Waals surface area (Å²) < 4.78 is 55.6. The van der Waals surface area contributed by atoms with E-state index in [0.717, 1.165) is 130 Å². The lowest BCUT2D eigenvalue weighted by Gasteiger charge is -2.11. The molecule has 17 nitrogen and oxygen atoms in total. The van der Waals surface area contributed by atoms with Crippen LogP contribution in [0, 0.1) is 0 Å². The number of methoxy groups -OCH3 is 6. The zero-order valence-corrected chi connectivity index (χ0v) is 49.9. The van der Waals surface area contributed by atoms with Crippen molar-refractivity contribution in [3.05, 3.63) is 186 Å². The molecule has 6 aromatic carbocycles. The molecular weight excluding hydrogens is 1090 g/mol. The van der Waals surface area contributed by atoms with Gasteiger partial charge in [-0.3, -0.25) is 0 Å². The lowest BCUT2D eigenvalue weighted by atomic mass is 10.1. The molecular formula is C64H71N9O8S2. The number of aromatic nitrogens is 6. The Morgan fingerprint density at radius 3 is 1.11 bits per heavy atom. The predicted molar refractivity (Wildman–Crippen MR) is 332 cm³/mol. The zero-order valence-electron chi connectivity index (χ0n) is 48.3. The molecule has 83 heavy (non-hydrogen) atoms. The quantitative estimate of drug-likeness (QED) is 0.0380. The topological polar surface area (TPSA) is 203 Å². The summed E-state index contributed by atoms with van der Waals surface area (Å²) in [5.41, 5.74) is 8.67. The molecule has 0 saturated carbocycles. The number of nitrogens with zero attached hydrogens (tertiary/aromatic N) is 6. The van der Waals surface area contributed by atoms with Gasteiger partial charge in [0, 0.05) is 67.2 Å². The Bertz CT molecular complexity index is 3450. The number of anilines is 3. The smallest absolute Gasteiger partial charge is 0.249 e. The molecule has 9 rings (SSSR count). The van der Waals surface area contributed by atoms with Crippen LogP contribution in [-0.4, -0.2) is 113 Å². The number of aryl methyl sites for hydroxylation is 1. The minimum absolute atomic E-state index is 0.218. The first-order valence-electron chi connectivity index (χ1n) is 26.8. The van der Waals surface area contributed by atoms with E-state index in [9.17, 15) is 8.42 Å². The van der Waals surface area contributed by atoms with Crippen LogP contribution in [0.4, 0.5) is 17.5 Å². The van der Waals surface area contributed by atoms with E-state index in [4.69, 9.17) is 28.4 Å². The maximum Gasteiger partial charge on any atom is 0.249 e. The number of benzene rings is 6. The van der Waals surface area contributed by atoms with Crippen molar-refractivity contribution in [1.29, 1.82) is 0 Å². The highest BCUT2D eigenvalue weighted by molar-refractivity contribution is 7.98. The van der Waals surface area contributed by atoms with Gasteiger partial charge in [-0.25, -0.2) is 38.3 Å². The minimum atomic E-state index is -3.56. The number of ether oxygens (including phenoxy) is 6. The molecule has 432 valence electrons. The van der Waals surface area contributed by atoms with E-state index < -0.39 is 9.84 Å². The SMILES string of the molecule is CCc1nc(NCCc2ccc(OC)cc2)cc(-c2cccc(OC)c2)n1.COc1ccc(CCNc2cc(-c3cccc(OC)c3)nc(S(C)(=O)=O)n2)cc1.COc1ccc(CCNc2cc(-c3cccc(OC)c3)nc(SC)n2)cc1. The molecule has 0 saturated heterocycles. The molecule has 3 aromatic heterocycles. The van der Waals surface area contributed by atoms with Crippen molar-refractivity contribution in [1.82, 2.24) is 29.9 Å². The third kappa shape index (κ3) is 19.1. The van der Waals surface area contributed by atoms with Gasteiger partial charge >= 0.3 is 0 Å². The minimum Gasteiger partial charge on any atom is -0.497 e. The monoisotopic (exact) mass is 1160 g/mol. The zero-order chi connectivity index (χ0) is 59.0. The van der Waals surface area contributed by atoms with E-state index in [0.29, 0.717) is 23.8 Å². The Morgan fingerprint density at radius 2 is 0.759 bits per heavy atom. The molecule has 3 N–H and O–H groups in total. The Kier molecular flexibility index (Phi) is 23.3. The molecule has 0 unspecified atom stereocenters. The highest BCUT2D eigenvalue weighted by atomic mass is 32.2. The number of hydrogen-bond acceptors (Lipinski definition) is 18. The van der Waals surface area contributed by atoms with E-state index in [1.54, 1.807) is 54.8 Å².